The minimum absolute atomic E-state index is 0.0241. The number of rotatable bonds is 5. The van der Waals surface area contributed by atoms with Gasteiger partial charge in [0.15, 0.2) is 0 Å². The van der Waals surface area contributed by atoms with E-state index in [1.54, 1.807) is 0 Å². The average Bonchev–Trinajstić information content (AvgIpc) is 2.44. The van der Waals surface area contributed by atoms with E-state index in [4.69, 9.17) is 14.6 Å². The van der Waals surface area contributed by atoms with E-state index in [-0.39, 0.29) is 17.0 Å². The standard InChI is InChI=1S/C12H13NO6S/c14-7-9(15)6-13-20(17,18)10-2-3-11-8(5-10)1-4-12(16)19-11/h1-5,9,13-15H,6-7H2. The summed E-state index contributed by atoms with van der Waals surface area (Å²) in [6, 6.07) is 6.68. The molecule has 0 saturated heterocycles. The number of aliphatic hydroxyl groups is 2. The van der Waals surface area contributed by atoms with Crippen molar-refractivity contribution in [1.29, 1.82) is 0 Å². The first-order valence-corrected chi connectivity index (χ1v) is 7.23. The minimum atomic E-state index is -3.81. The number of nitrogens with one attached hydrogen (secondary N) is 1. The maximum absolute atomic E-state index is 12.0. The van der Waals surface area contributed by atoms with Crippen molar-refractivity contribution in [2.75, 3.05) is 13.2 Å². The zero-order valence-electron chi connectivity index (χ0n) is 10.3. The highest BCUT2D eigenvalue weighted by molar-refractivity contribution is 7.89. The van der Waals surface area contributed by atoms with Crippen LogP contribution in [0.25, 0.3) is 11.0 Å². The number of hydrogen-bond acceptors (Lipinski definition) is 6. The molecule has 1 aromatic heterocycles. The van der Waals surface area contributed by atoms with Gasteiger partial charge in [0.05, 0.1) is 17.6 Å². The van der Waals surface area contributed by atoms with E-state index in [0.29, 0.717) is 5.39 Å². The average molecular weight is 299 g/mol. The van der Waals surface area contributed by atoms with Gasteiger partial charge in [0.25, 0.3) is 0 Å². The molecule has 1 heterocycles. The van der Waals surface area contributed by atoms with Crippen LogP contribution in [0.3, 0.4) is 0 Å². The van der Waals surface area contributed by atoms with E-state index in [2.05, 4.69) is 4.72 Å². The molecule has 0 aliphatic carbocycles. The van der Waals surface area contributed by atoms with Gasteiger partial charge in [0, 0.05) is 18.0 Å². The maximum Gasteiger partial charge on any atom is 0.336 e. The monoisotopic (exact) mass is 299 g/mol. The Morgan fingerprint density at radius 2 is 2.00 bits per heavy atom. The normalized spacial score (nSPS) is 13.5. The van der Waals surface area contributed by atoms with Crippen LogP contribution in [0.2, 0.25) is 0 Å². The summed E-state index contributed by atoms with van der Waals surface area (Å²) in [4.78, 5) is 11.0. The summed E-state index contributed by atoms with van der Waals surface area (Å²) in [6.07, 6.45) is -1.16. The van der Waals surface area contributed by atoms with Crippen LogP contribution in [0, 0.1) is 0 Å². The molecule has 108 valence electrons. The Kier molecular flexibility index (Phi) is 4.19. The van der Waals surface area contributed by atoms with Gasteiger partial charge in [0.2, 0.25) is 10.0 Å². The minimum Gasteiger partial charge on any atom is -0.423 e. The molecule has 1 unspecified atom stereocenters. The lowest BCUT2D eigenvalue weighted by Gasteiger charge is -2.10. The Labute approximate surface area is 114 Å². The predicted molar refractivity (Wildman–Crippen MR) is 70.8 cm³/mol. The van der Waals surface area contributed by atoms with E-state index in [1.807, 2.05) is 0 Å². The SMILES string of the molecule is O=c1ccc2cc(S(=O)(=O)NCC(O)CO)ccc2o1. The summed E-state index contributed by atoms with van der Waals surface area (Å²) < 4.78 is 31.0. The molecule has 1 atom stereocenters. The molecule has 0 radical (unpaired) electrons. The summed E-state index contributed by atoms with van der Waals surface area (Å²) in [5.74, 6) is 0. The molecule has 8 heteroatoms. The molecular weight excluding hydrogens is 286 g/mol. The molecule has 0 bridgehead atoms. The zero-order chi connectivity index (χ0) is 14.8. The third kappa shape index (κ3) is 3.23. The highest BCUT2D eigenvalue weighted by Crippen LogP contribution is 2.17. The van der Waals surface area contributed by atoms with Gasteiger partial charge in [-0.15, -0.1) is 0 Å². The summed E-state index contributed by atoms with van der Waals surface area (Å²) in [7, 11) is -3.81. The predicted octanol–water partition coefficient (Wildman–Crippen LogP) is -0.576. The summed E-state index contributed by atoms with van der Waals surface area (Å²) in [5, 5.41) is 18.3. The van der Waals surface area contributed by atoms with Crippen molar-refractivity contribution in [3.63, 3.8) is 0 Å². The molecule has 0 saturated carbocycles. The van der Waals surface area contributed by atoms with Crippen LogP contribution in [0.15, 0.2) is 44.4 Å². The molecule has 1 aromatic carbocycles. The number of sulfonamides is 1. The highest BCUT2D eigenvalue weighted by Gasteiger charge is 2.16. The van der Waals surface area contributed by atoms with Crippen molar-refractivity contribution in [2.45, 2.75) is 11.0 Å². The van der Waals surface area contributed by atoms with Crippen molar-refractivity contribution < 1.29 is 23.0 Å². The van der Waals surface area contributed by atoms with E-state index in [1.165, 1.54) is 30.3 Å². The second-order valence-corrected chi connectivity index (χ2v) is 5.91. The first-order chi connectivity index (χ1) is 9.42. The van der Waals surface area contributed by atoms with Gasteiger partial charge in [-0.05, 0) is 24.3 Å². The maximum atomic E-state index is 12.0. The molecule has 0 spiro atoms. The van der Waals surface area contributed by atoms with E-state index in [9.17, 15) is 13.2 Å². The first kappa shape index (κ1) is 14.7. The van der Waals surface area contributed by atoms with Crippen molar-refractivity contribution in [1.82, 2.24) is 4.72 Å². The Balaban J connectivity index is 2.32. The topological polar surface area (TPSA) is 117 Å². The van der Waals surface area contributed by atoms with Crippen molar-refractivity contribution in [3.8, 4) is 0 Å². The Hall–Kier alpha value is -1.74. The molecule has 2 aromatic rings. The molecule has 0 amide bonds. The second-order valence-electron chi connectivity index (χ2n) is 4.14. The highest BCUT2D eigenvalue weighted by atomic mass is 32.2. The van der Waals surface area contributed by atoms with Gasteiger partial charge in [-0.3, -0.25) is 0 Å². The zero-order valence-corrected chi connectivity index (χ0v) is 11.1. The van der Waals surface area contributed by atoms with Gasteiger partial charge in [-0.25, -0.2) is 17.9 Å². The fourth-order valence-corrected chi connectivity index (χ4v) is 2.68. The van der Waals surface area contributed by atoms with Gasteiger partial charge in [0.1, 0.15) is 5.58 Å². The summed E-state index contributed by atoms with van der Waals surface area (Å²) in [6.45, 7) is -0.827. The lowest BCUT2D eigenvalue weighted by atomic mass is 10.2. The molecule has 0 fully saturated rings. The van der Waals surface area contributed by atoms with E-state index < -0.39 is 28.4 Å². The van der Waals surface area contributed by atoms with Crippen molar-refractivity contribution in [2.24, 2.45) is 0 Å². The molecular formula is C12H13NO6S. The number of fused-ring (bicyclic) bond motifs is 1. The van der Waals surface area contributed by atoms with Crippen LogP contribution in [-0.2, 0) is 10.0 Å². The van der Waals surface area contributed by atoms with Crippen LogP contribution in [0.5, 0.6) is 0 Å². The number of benzene rings is 1. The van der Waals surface area contributed by atoms with Crippen LogP contribution in [-0.4, -0.2) is 37.9 Å². The summed E-state index contributed by atoms with van der Waals surface area (Å²) >= 11 is 0. The molecule has 20 heavy (non-hydrogen) atoms. The largest absolute Gasteiger partial charge is 0.423 e. The van der Waals surface area contributed by atoms with Crippen molar-refractivity contribution in [3.05, 3.63) is 40.8 Å². The van der Waals surface area contributed by atoms with Crippen molar-refractivity contribution >= 4 is 21.0 Å². The third-order valence-electron chi connectivity index (χ3n) is 2.62. The third-order valence-corrected chi connectivity index (χ3v) is 4.04. The van der Waals surface area contributed by atoms with E-state index >= 15 is 0 Å². The molecule has 2 rings (SSSR count). The summed E-state index contributed by atoms with van der Waals surface area (Å²) in [5.41, 5.74) is -0.232. The quantitative estimate of drug-likeness (QED) is 0.636. The smallest absolute Gasteiger partial charge is 0.336 e. The van der Waals surface area contributed by atoms with Gasteiger partial charge in [-0.2, -0.15) is 0 Å². The lowest BCUT2D eigenvalue weighted by molar-refractivity contribution is 0.0988. The van der Waals surface area contributed by atoms with Crippen LogP contribution >= 0.6 is 0 Å². The number of aliphatic hydroxyl groups excluding tert-OH is 2. The van der Waals surface area contributed by atoms with Gasteiger partial charge in [-0.1, -0.05) is 0 Å². The first-order valence-electron chi connectivity index (χ1n) is 5.75. The van der Waals surface area contributed by atoms with E-state index in [0.717, 1.165) is 0 Å². The Morgan fingerprint density at radius 1 is 1.25 bits per heavy atom. The lowest BCUT2D eigenvalue weighted by Crippen LogP contribution is -2.33. The number of hydrogen-bond donors (Lipinski definition) is 3. The molecule has 0 aliphatic heterocycles. The van der Waals surface area contributed by atoms with Crippen LogP contribution < -0.4 is 10.3 Å². The van der Waals surface area contributed by atoms with Crippen LogP contribution in [0.4, 0.5) is 0 Å². The fourth-order valence-electron chi connectivity index (χ4n) is 1.57. The fraction of sp³-hybridized carbons (Fsp3) is 0.250. The second kappa shape index (κ2) is 5.71. The van der Waals surface area contributed by atoms with Gasteiger partial charge < -0.3 is 14.6 Å². The molecule has 0 aliphatic rings. The Bertz CT molecular complexity index is 767. The Morgan fingerprint density at radius 3 is 2.70 bits per heavy atom. The molecule has 3 N–H and O–H groups in total. The van der Waals surface area contributed by atoms with Gasteiger partial charge >= 0.3 is 5.63 Å². The molecule has 7 nitrogen and oxygen atoms in total. The van der Waals surface area contributed by atoms with Crippen LogP contribution in [0.1, 0.15) is 0 Å².